The molecule has 0 saturated carbocycles. The van der Waals surface area contributed by atoms with E-state index in [1.165, 1.54) is 23.5 Å². The van der Waals surface area contributed by atoms with Crippen LogP contribution in [0.3, 0.4) is 0 Å². The fourth-order valence-corrected chi connectivity index (χ4v) is 4.25. The lowest BCUT2D eigenvalue weighted by molar-refractivity contribution is 0.0596. The van der Waals surface area contributed by atoms with Gasteiger partial charge in [0.2, 0.25) is 10.0 Å². The van der Waals surface area contributed by atoms with E-state index in [1.54, 1.807) is 12.1 Å². The maximum Gasteiger partial charge on any atom is 0.339 e. The fourth-order valence-electron chi connectivity index (χ4n) is 2.47. The highest BCUT2D eigenvalue weighted by Gasteiger charge is 2.31. The molecule has 0 N–H and O–H groups in total. The zero-order chi connectivity index (χ0) is 14.8. The van der Waals surface area contributed by atoms with E-state index in [-0.39, 0.29) is 10.5 Å². The highest BCUT2D eigenvalue weighted by atomic mass is 32.2. The molecule has 1 aliphatic heterocycles. The first-order valence-electron chi connectivity index (χ1n) is 6.64. The molecule has 0 radical (unpaired) electrons. The first-order chi connectivity index (χ1) is 9.46. The molecule has 1 aliphatic rings. The Morgan fingerprint density at radius 3 is 2.70 bits per heavy atom. The fraction of sp³-hybridized carbons (Fsp3) is 0.500. The summed E-state index contributed by atoms with van der Waals surface area (Å²) in [6.07, 6.45) is 1.88. The number of nitrogens with zero attached hydrogens (tertiary/aromatic N) is 1. The average molecular weight is 297 g/mol. The number of piperidine rings is 1. The minimum absolute atomic E-state index is 0.0287. The third-order valence-electron chi connectivity index (χ3n) is 3.53. The number of hydrogen-bond donors (Lipinski definition) is 0. The van der Waals surface area contributed by atoms with Crippen LogP contribution in [-0.4, -0.2) is 38.9 Å². The van der Waals surface area contributed by atoms with Gasteiger partial charge in [0.15, 0.2) is 0 Å². The van der Waals surface area contributed by atoms with E-state index in [2.05, 4.69) is 4.74 Å². The minimum atomic E-state index is -3.65. The van der Waals surface area contributed by atoms with E-state index in [9.17, 15) is 13.2 Å². The van der Waals surface area contributed by atoms with E-state index in [0.29, 0.717) is 19.0 Å². The van der Waals surface area contributed by atoms with Crippen LogP contribution >= 0.6 is 0 Å². The van der Waals surface area contributed by atoms with Crippen LogP contribution < -0.4 is 0 Å². The number of esters is 1. The molecule has 0 spiro atoms. The first-order valence-corrected chi connectivity index (χ1v) is 8.08. The Labute approximate surface area is 119 Å². The molecule has 1 aromatic carbocycles. The number of carbonyl (C=O) groups excluding carboxylic acids is 1. The lowest BCUT2D eigenvalue weighted by Gasteiger charge is -2.30. The SMILES string of the molecule is COC(=O)c1ccccc1S(=O)(=O)N1CCC[C@H](C)C1. The molecule has 6 heteroatoms. The van der Waals surface area contributed by atoms with Gasteiger partial charge >= 0.3 is 5.97 Å². The van der Waals surface area contributed by atoms with Crippen molar-refractivity contribution in [1.82, 2.24) is 4.31 Å². The third kappa shape index (κ3) is 2.86. The normalized spacial score (nSPS) is 20.6. The molecular formula is C14H19NO4S. The minimum Gasteiger partial charge on any atom is -0.465 e. The summed E-state index contributed by atoms with van der Waals surface area (Å²) in [6, 6.07) is 6.18. The van der Waals surface area contributed by atoms with Gasteiger partial charge in [0, 0.05) is 13.1 Å². The van der Waals surface area contributed by atoms with E-state index in [4.69, 9.17) is 0 Å². The summed E-state index contributed by atoms with van der Waals surface area (Å²) in [6.45, 7) is 3.04. The van der Waals surface area contributed by atoms with E-state index >= 15 is 0 Å². The summed E-state index contributed by atoms with van der Waals surface area (Å²) in [5.41, 5.74) is 0.0910. The second-order valence-electron chi connectivity index (χ2n) is 5.10. The van der Waals surface area contributed by atoms with Crippen molar-refractivity contribution in [3.05, 3.63) is 29.8 Å². The summed E-state index contributed by atoms with van der Waals surface area (Å²) >= 11 is 0. The van der Waals surface area contributed by atoms with Gasteiger partial charge in [-0.2, -0.15) is 4.31 Å². The zero-order valence-electron chi connectivity index (χ0n) is 11.7. The average Bonchev–Trinajstić information content (AvgIpc) is 2.46. The number of sulfonamides is 1. The molecule has 5 nitrogen and oxygen atoms in total. The molecule has 110 valence electrons. The van der Waals surface area contributed by atoms with Gasteiger partial charge in [-0.3, -0.25) is 0 Å². The molecule has 0 aromatic heterocycles. The van der Waals surface area contributed by atoms with Crippen LogP contribution in [0.1, 0.15) is 30.1 Å². The van der Waals surface area contributed by atoms with Crippen LogP contribution in [0, 0.1) is 5.92 Å². The highest BCUT2D eigenvalue weighted by molar-refractivity contribution is 7.89. The van der Waals surface area contributed by atoms with Gasteiger partial charge in [-0.25, -0.2) is 13.2 Å². The Bertz CT molecular complexity index is 597. The molecule has 0 amide bonds. The lowest BCUT2D eigenvalue weighted by Crippen LogP contribution is -2.39. The molecule has 1 heterocycles. The van der Waals surface area contributed by atoms with Gasteiger partial charge < -0.3 is 4.74 Å². The van der Waals surface area contributed by atoms with Gasteiger partial charge in [-0.05, 0) is 30.9 Å². The van der Waals surface area contributed by atoms with Gasteiger partial charge in [0.25, 0.3) is 0 Å². The van der Waals surface area contributed by atoms with Crippen molar-refractivity contribution in [2.45, 2.75) is 24.7 Å². The maximum atomic E-state index is 12.7. The Morgan fingerprint density at radius 2 is 2.05 bits per heavy atom. The van der Waals surface area contributed by atoms with Crippen LogP contribution in [0.5, 0.6) is 0 Å². The Balaban J connectivity index is 2.41. The number of ether oxygens (including phenoxy) is 1. The topological polar surface area (TPSA) is 63.7 Å². The van der Waals surface area contributed by atoms with Crippen molar-refractivity contribution in [2.75, 3.05) is 20.2 Å². The number of rotatable bonds is 3. The molecule has 1 fully saturated rings. The second-order valence-corrected chi connectivity index (χ2v) is 7.00. The predicted molar refractivity (Wildman–Crippen MR) is 74.9 cm³/mol. The first kappa shape index (κ1) is 15.0. The summed E-state index contributed by atoms with van der Waals surface area (Å²) in [5.74, 6) is -0.293. The van der Waals surface area contributed by atoms with Crippen LogP contribution in [0.25, 0.3) is 0 Å². The Kier molecular flexibility index (Phi) is 4.45. The lowest BCUT2D eigenvalue weighted by atomic mass is 10.0. The van der Waals surface area contributed by atoms with Crippen molar-refractivity contribution in [3.63, 3.8) is 0 Å². The largest absolute Gasteiger partial charge is 0.465 e. The van der Waals surface area contributed by atoms with Crippen LogP contribution in [-0.2, 0) is 14.8 Å². The molecule has 0 bridgehead atoms. The van der Waals surface area contributed by atoms with Crippen molar-refractivity contribution in [3.8, 4) is 0 Å². The molecule has 20 heavy (non-hydrogen) atoms. The molecule has 1 atom stereocenters. The molecule has 2 rings (SSSR count). The van der Waals surface area contributed by atoms with Gasteiger partial charge in [0.1, 0.15) is 0 Å². The standard InChI is InChI=1S/C14H19NO4S/c1-11-6-5-9-15(10-11)20(17,18)13-8-4-3-7-12(13)14(16)19-2/h3-4,7-8,11H,5-6,9-10H2,1-2H3/t11-/m0/s1. The van der Waals surface area contributed by atoms with Crippen LogP contribution in [0.2, 0.25) is 0 Å². The highest BCUT2D eigenvalue weighted by Crippen LogP contribution is 2.25. The second kappa shape index (κ2) is 5.93. The summed E-state index contributed by atoms with van der Waals surface area (Å²) in [7, 11) is -2.40. The zero-order valence-corrected chi connectivity index (χ0v) is 12.5. The molecular weight excluding hydrogens is 278 g/mol. The van der Waals surface area contributed by atoms with Crippen LogP contribution in [0.4, 0.5) is 0 Å². The molecule has 1 saturated heterocycles. The van der Waals surface area contributed by atoms with E-state index in [1.807, 2.05) is 6.92 Å². The maximum absolute atomic E-state index is 12.7. The predicted octanol–water partition coefficient (Wildman–Crippen LogP) is 1.89. The van der Waals surface area contributed by atoms with Crippen molar-refractivity contribution in [1.29, 1.82) is 0 Å². The monoisotopic (exact) mass is 297 g/mol. The number of benzene rings is 1. The quantitative estimate of drug-likeness (QED) is 0.799. The van der Waals surface area contributed by atoms with E-state index in [0.717, 1.165) is 12.8 Å². The molecule has 0 aliphatic carbocycles. The third-order valence-corrected chi connectivity index (χ3v) is 5.45. The van der Waals surface area contributed by atoms with Gasteiger partial charge in [-0.15, -0.1) is 0 Å². The summed E-state index contributed by atoms with van der Waals surface area (Å²) < 4.78 is 31.5. The Morgan fingerprint density at radius 1 is 1.35 bits per heavy atom. The van der Waals surface area contributed by atoms with Crippen molar-refractivity contribution < 1.29 is 17.9 Å². The molecule has 0 unspecified atom stereocenters. The summed E-state index contributed by atoms with van der Waals surface area (Å²) in [4.78, 5) is 11.8. The van der Waals surface area contributed by atoms with Crippen LogP contribution in [0.15, 0.2) is 29.2 Å². The smallest absolute Gasteiger partial charge is 0.339 e. The number of methoxy groups -OCH3 is 1. The summed E-state index contributed by atoms with van der Waals surface area (Å²) in [5, 5.41) is 0. The number of hydrogen-bond acceptors (Lipinski definition) is 4. The van der Waals surface area contributed by atoms with Gasteiger partial charge in [0.05, 0.1) is 17.6 Å². The molecule has 1 aromatic rings. The van der Waals surface area contributed by atoms with E-state index < -0.39 is 16.0 Å². The van der Waals surface area contributed by atoms with Crippen molar-refractivity contribution >= 4 is 16.0 Å². The van der Waals surface area contributed by atoms with Crippen molar-refractivity contribution in [2.24, 2.45) is 5.92 Å². The van der Waals surface area contributed by atoms with Gasteiger partial charge in [-0.1, -0.05) is 19.1 Å². The number of carbonyl (C=O) groups is 1. The Hall–Kier alpha value is -1.40.